The number of hydrogen-bond donors (Lipinski definition) is 1. The fourth-order valence-corrected chi connectivity index (χ4v) is 3.75. The summed E-state index contributed by atoms with van der Waals surface area (Å²) in [5.41, 5.74) is -2.97. The number of allylic oxidation sites excluding steroid dienone is 3. The third kappa shape index (κ3) is 2.16. The van der Waals surface area contributed by atoms with Crippen molar-refractivity contribution in [2.45, 2.75) is 31.5 Å². The number of nitrogens with zero attached hydrogens (tertiary/aromatic N) is 1. The van der Waals surface area contributed by atoms with E-state index in [-0.39, 0.29) is 17.7 Å². The molecule has 4 nitrogen and oxygen atoms in total. The zero-order valence-corrected chi connectivity index (χ0v) is 12.0. The number of carbonyl (C=O) groups is 2. The van der Waals surface area contributed by atoms with Crippen LogP contribution in [0.2, 0.25) is 0 Å². The maximum atomic E-state index is 14.2. The lowest BCUT2D eigenvalue weighted by Gasteiger charge is -2.36. The lowest BCUT2D eigenvalue weighted by molar-refractivity contribution is -0.155. The van der Waals surface area contributed by atoms with Gasteiger partial charge in [-0.1, -0.05) is 6.92 Å². The Morgan fingerprint density at radius 2 is 1.96 bits per heavy atom. The van der Waals surface area contributed by atoms with Gasteiger partial charge in [0.15, 0.2) is 0 Å². The third-order valence-electron chi connectivity index (χ3n) is 4.93. The van der Waals surface area contributed by atoms with Crippen LogP contribution in [-0.2, 0) is 4.79 Å². The quantitative estimate of drug-likeness (QED) is 0.591. The molecule has 1 heterocycles. The minimum absolute atomic E-state index is 0.0574. The summed E-state index contributed by atoms with van der Waals surface area (Å²) >= 11 is 0. The number of rotatable bonds is 1. The first-order valence-corrected chi connectivity index (χ1v) is 6.95. The van der Waals surface area contributed by atoms with E-state index in [0.717, 1.165) is 6.08 Å². The van der Waals surface area contributed by atoms with Crippen LogP contribution in [-0.4, -0.2) is 35.1 Å². The standard InChI is InChI=1S/C14H13F5N2O2/c1-12-2-3-13(8(12)4-7(15)5-9(12)16)10(22)21(11(23)20-13)6-14(17,18)19/h4-5,8H,2-3,6H2,1H3,(H,20,23). The molecule has 3 unspecified atom stereocenters. The van der Waals surface area contributed by atoms with E-state index in [4.69, 9.17) is 0 Å². The van der Waals surface area contributed by atoms with E-state index >= 15 is 0 Å². The van der Waals surface area contributed by atoms with Gasteiger partial charge in [0.1, 0.15) is 23.7 Å². The van der Waals surface area contributed by atoms with Crippen LogP contribution in [0.15, 0.2) is 23.8 Å². The summed E-state index contributed by atoms with van der Waals surface area (Å²) in [5.74, 6) is -3.86. The molecule has 3 amide bonds. The molecule has 1 aliphatic heterocycles. The van der Waals surface area contributed by atoms with E-state index in [1.807, 2.05) is 0 Å². The molecular weight excluding hydrogens is 323 g/mol. The molecule has 1 saturated carbocycles. The number of imide groups is 1. The summed E-state index contributed by atoms with van der Waals surface area (Å²) in [5, 5.41) is 2.25. The van der Waals surface area contributed by atoms with Gasteiger partial charge in [-0.15, -0.1) is 0 Å². The van der Waals surface area contributed by atoms with Crippen LogP contribution in [0.3, 0.4) is 0 Å². The SMILES string of the molecule is CC12CCC3(NC(=O)N(CC(F)(F)F)C3=O)C1C=C(F)C=C2F. The molecule has 0 aromatic heterocycles. The highest BCUT2D eigenvalue weighted by molar-refractivity contribution is 6.07. The summed E-state index contributed by atoms with van der Waals surface area (Å²) in [6, 6.07) is -1.19. The van der Waals surface area contributed by atoms with Gasteiger partial charge in [-0.3, -0.25) is 9.69 Å². The van der Waals surface area contributed by atoms with E-state index < -0.39 is 53.2 Å². The Morgan fingerprint density at radius 1 is 1.30 bits per heavy atom. The smallest absolute Gasteiger partial charge is 0.322 e. The second kappa shape index (κ2) is 4.55. The maximum absolute atomic E-state index is 14.2. The number of halogens is 5. The summed E-state index contributed by atoms with van der Waals surface area (Å²) in [7, 11) is 0. The Bertz CT molecular complexity index is 656. The zero-order valence-electron chi connectivity index (χ0n) is 12.0. The largest absolute Gasteiger partial charge is 0.406 e. The third-order valence-corrected chi connectivity index (χ3v) is 4.93. The minimum Gasteiger partial charge on any atom is -0.322 e. The van der Waals surface area contributed by atoms with E-state index in [9.17, 15) is 31.5 Å². The van der Waals surface area contributed by atoms with Crippen molar-refractivity contribution in [3.8, 4) is 0 Å². The van der Waals surface area contributed by atoms with Gasteiger partial charge in [0.05, 0.1) is 0 Å². The van der Waals surface area contributed by atoms with Crippen LogP contribution in [0.25, 0.3) is 0 Å². The summed E-state index contributed by atoms with van der Waals surface area (Å²) in [4.78, 5) is 24.4. The Morgan fingerprint density at radius 3 is 2.57 bits per heavy atom. The van der Waals surface area contributed by atoms with Crippen LogP contribution < -0.4 is 5.32 Å². The van der Waals surface area contributed by atoms with Gasteiger partial charge < -0.3 is 5.32 Å². The average molecular weight is 336 g/mol. The number of amides is 3. The van der Waals surface area contributed by atoms with Crippen molar-refractivity contribution in [2.75, 3.05) is 6.54 Å². The van der Waals surface area contributed by atoms with Gasteiger partial charge in [0, 0.05) is 17.4 Å². The van der Waals surface area contributed by atoms with Crippen molar-refractivity contribution < 1.29 is 31.5 Å². The number of fused-ring (bicyclic) bond motifs is 2. The summed E-state index contributed by atoms with van der Waals surface area (Å²) < 4.78 is 65.4. The van der Waals surface area contributed by atoms with E-state index in [2.05, 4.69) is 5.32 Å². The molecule has 2 aliphatic carbocycles. The number of carbonyl (C=O) groups excluding carboxylic acids is 2. The fourth-order valence-electron chi connectivity index (χ4n) is 3.75. The van der Waals surface area contributed by atoms with Gasteiger partial charge in [-0.25, -0.2) is 13.6 Å². The van der Waals surface area contributed by atoms with Crippen LogP contribution in [0, 0.1) is 11.3 Å². The average Bonchev–Trinajstić information content (AvgIpc) is 2.82. The molecule has 0 aromatic carbocycles. The molecule has 2 fully saturated rings. The van der Waals surface area contributed by atoms with Gasteiger partial charge in [-0.05, 0) is 18.9 Å². The van der Waals surface area contributed by atoms with Gasteiger partial charge in [0.25, 0.3) is 5.91 Å². The van der Waals surface area contributed by atoms with Crippen molar-refractivity contribution in [1.82, 2.24) is 10.2 Å². The van der Waals surface area contributed by atoms with Crippen molar-refractivity contribution in [1.29, 1.82) is 0 Å². The highest BCUT2D eigenvalue weighted by Crippen LogP contribution is 2.58. The molecule has 23 heavy (non-hydrogen) atoms. The predicted molar refractivity (Wildman–Crippen MR) is 68.2 cm³/mol. The fraction of sp³-hybridized carbons (Fsp3) is 0.571. The molecule has 3 aliphatic rings. The molecule has 3 atom stereocenters. The van der Waals surface area contributed by atoms with E-state index in [1.54, 1.807) is 0 Å². The minimum atomic E-state index is -4.75. The first-order valence-electron chi connectivity index (χ1n) is 6.95. The highest BCUT2D eigenvalue weighted by Gasteiger charge is 2.66. The summed E-state index contributed by atoms with van der Waals surface area (Å²) in [6.45, 7) is -0.263. The van der Waals surface area contributed by atoms with Gasteiger partial charge in [0.2, 0.25) is 0 Å². The van der Waals surface area contributed by atoms with Crippen LogP contribution >= 0.6 is 0 Å². The molecule has 126 valence electrons. The molecule has 1 saturated heterocycles. The van der Waals surface area contributed by atoms with Crippen molar-refractivity contribution >= 4 is 11.9 Å². The Hall–Kier alpha value is -1.93. The first-order chi connectivity index (χ1) is 10.5. The molecule has 3 rings (SSSR count). The number of nitrogens with one attached hydrogen (secondary N) is 1. The van der Waals surface area contributed by atoms with Crippen LogP contribution in [0.1, 0.15) is 19.8 Å². The molecule has 0 radical (unpaired) electrons. The Balaban J connectivity index is 2.00. The predicted octanol–water partition coefficient (Wildman–Crippen LogP) is 2.98. The van der Waals surface area contributed by atoms with Crippen molar-refractivity contribution in [3.63, 3.8) is 0 Å². The molecule has 0 bridgehead atoms. The number of hydrogen-bond acceptors (Lipinski definition) is 2. The van der Waals surface area contributed by atoms with E-state index in [1.165, 1.54) is 6.92 Å². The number of alkyl halides is 3. The topological polar surface area (TPSA) is 49.4 Å². The molecule has 1 N–H and O–H groups in total. The molecular formula is C14H13F5N2O2. The van der Waals surface area contributed by atoms with Crippen molar-refractivity contribution in [3.05, 3.63) is 23.8 Å². The van der Waals surface area contributed by atoms with Gasteiger partial charge in [-0.2, -0.15) is 13.2 Å². The second-order valence-electron chi connectivity index (χ2n) is 6.35. The Kier molecular flexibility index (Phi) is 3.15. The zero-order chi connectivity index (χ0) is 17.2. The number of urea groups is 1. The molecule has 0 aromatic rings. The highest BCUT2D eigenvalue weighted by atomic mass is 19.4. The monoisotopic (exact) mass is 336 g/mol. The van der Waals surface area contributed by atoms with E-state index in [0.29, 0.717) is 6.08 Å². The summed E-state index contributed by atoms with van der Waals surface area (Å²) in [6.07, 6.45) is -3.00. The lowest BCUT2D eigenvalue weighted by atomic mass is 9.70. The maximum Gasteiger partial charge on any atom is 0.406 e. The molecule has 9 heteroatoms. The van der Waals surface area contributed by atoms with Gasteiger partial charge >= 0.3 is 12.2 Å². The van der Waals surface area contributed by atoms with Crippen LogP contribution in [0.5, 0.6) is 0 Å². The Labute approximate surface area is 128 Å². The molecule has 1 spiro atoms. The first kappa shape index (κ1) is 15.9. The normalized spacial score (nSPS) is 37.0. The lowest BCUT2D eigenvalue weighted by Crippen LogP contribution is -2.53. The second-order valence-corrected chi connectivity index (χ2v) is 6.35. The van der Waals surface area contributed by atoms with Crippen molar-refractivity contribution in [2.24, 2.45) is 11.3 Å². The van der Waals surface area contributed by atoms with Crippen LogP contribution in [0.4, 0.5) is 26.7 Å².